The molecule has 6 heteroatoms. The standard InChI is InChI=1S/C13H14F3NO.ClH/c14-13(15,16)11-3-1-9(2-4-11)12(18)10-5-7-17-8-6-10;/h1-4,10,17H,5-8H2;1H. The van der Waals surface area contributed by atoms with E-state index in [4.69, 9.17) is 0 Å². The minimum atomic E-state index is -4.35. The van der Waals surface area contributed by atoms with Gasteiger partial charge in [0.15, 0.2) is 5.78 Å². The van der Waals surface area contributed by atoms with Gasteiger partial charge in [-0.2, -0.15) is 13.2 Å². The fourth-order valence-corrected chi connectivity index (χ4v) is 2.14. The molecule has 0 aromatic heterocycles. The largest absolute Gasteiger partial charge is 0.416 e. The maximum Gasteiger partial charge on any atom is 0.416 e. The average molecular weight is 294 g/mol. The first kappa shape index (κ1) is 16.0. The van der Waals surface area contributed by atoms with Gasteiger partial charge in [0.25, 0.3) is 0 Å². The summed E-state index contributed by atoms with van der Waals surface area (Å²) in [6, 6.07) is 4.48. The molecule has 1 fully saturated rings. The van der Waals surface area contributed by atoms with Crippen molar-refractivity contribution in [2.24, 2.45) is 5.92 Å². The first-order valence-corrected chi connectivity index (χ1v) is 5.90. The molecule has 2 rings (SSSR count). The van der Waals surface area contributed by atoms with Crippen LogP contribution in [0.4, 0.5) is 13.2 Å². The lowest BCUT2D eigenvalue weighted by Gasteiger charge is -2.21. The summed E-state index contributed by atoms with van der Waals surface area (Å²) < 4.78 is 37.1. The number of ketones is 1. The first-order valence-electron chi connectivity index (χ1n) is 5.90. The second-order valence-corrected chi connectivity index (χ2v) is 4.46. The first-order chi connectivity index (χ1) is 8.48. The molecule has 0 saturated carbocycles. The number of rotatable bonds is 2. The third kappa shape index (κ3) is 3.94. The smallest absolute Gasteiger partial charge is 0.317 e. The number of benzene rings is 1. The molecule has 0 spiro atoms. The lowest BCUT2D eigenvalue weighted by Crippen LogP contribution is -2.31. The SMILES string of the molecule is Cl.O=C(c1ccc(C(F)(F)F)cc1)C1CCNCC1. The minimum absolute atomic E-state index is 0. The van der Waals surface area contributed by atoms with Gasteiger partial charge in [0, 0.05) is 11.5 Å². The van der Waals surface area contributed by atoms with Crippen molar-refractivity contribution in [2.45, 2.75) is 19.0 Å². The summed E-state index contributed by atoms with van der Waals surface area (Å²) in [4.78, 5) is 12.1. The van der Waals surface area contributed by atoms with Gasteiger partial charge in [-0.1, -0.05) is 12.1 Å². The second-order valence-electron chi connectivity index (χ2n) is 4.46. The third-order valence-corrected chi connectivity index (χ3v) is 3.21. The van der Waals surface area contributed by atoms with Gasteiger partial charge >= 0.3 is 6.18 Å². The van der Waals surface area contributed by atoms with Crippen LogP contribution >= 0.6 is 12.4 Å². The van der Waals surface area contributed by atoms with E-state index in [0.717, 1.165) is 38.1 Å². The maximum absolute atomic E-state index is 12.4. The van der Waals surface area contributed by atoms with Gasteiger partial charge < -0.3 is 5.32 Å². The Labute approximate surface area is 115 Å². The number of hydrogen-bond donors (Lipinski definition) is 1. The molecule has 1 saturated heterocycles. The van der Waals surface area contributed by atoms with Crippen LogP contribution in [0.5, 0.6) is 0 Å². The molecule has 106 valence electrons. The number of carbonyl (C=O) groups excluding carboxylic acids is 1. The second kappa shape index (κ2) is 6.39. The van der Waals surface area contributed by atoms with Crippen LogP contribution < -0.4 is 5.32 Å². The summed E-state index contributed by atoms with van der Waals surface area (Å²) in [5, 5.41) is 3.15. The van der Waals surface area contributed by atoms with Crippen LogP contribution in [0.15, 0.2) is 24.3 Å². The van der Waals surface area contributed by atoms with E-state index >= 15 is 0 Å². The molecule has 0 atom stereocenters. The van der Waals surface area contributed by atoms with Gasteiger partial charge in [-0.05, 0) is 38.1 Å². The van der Waals surface area contributed by atoms with Crippen molar-refractivity contribution in [3.8, 4) is 0 Å². The molecule has 0 aliphatic carbocycles. The predicted octanol–water partition coefficient (Wildman–Crippen LogP) is 3.31. The van der Waals surface area contributed by atoms with E-state index in [1.54, 1.807) is 0 Å². The lowest BCUT2D eigenvalue weighted by molar-refractivity contribution is -0.137. The van der Waals surface area contributed by atoms with E-state index in [1.807, 2.05) is 0 Å². The molecule has 0 unspecified atom stereocenters. The van der Waals surface area contributed by atoms with E-state index in [1.165, 1.54) is 12.1 Å². The number of carbonyl (C=O) groups is 1. The summed E-state index contributed by atoms with van der Waals surface area (Å²) in [5.74, 6) is -0.117. The van der Waals surface area contributed by atoms with Gasteiger partial charge in [-0.15, -0.1) is 12.4 Å². The fraction of sp³-hybridized carbons (Fsp3) is 0.462. The van der Waals surface area contributed by atoms with Crippen LogP contribution in [0.3, 0.4) is 0 Å². The predicted molar refractivity (Wildman–Crippen MR) is 68.6 cm³/mol. The molecule has 2 nitrogen and oxygen atoms in total. The zero-order valence-electron chi connectivity index (χ0n) is 10.2. The Balaban J connectivity index is 0.00000180. The number of alkyl halides is 3. The molecule has 1 aliphatic rings. The number of Topliss-reactive ketones (excluding diaryl/α,β-unsaturated/α-hetero) is 1. The van der Waals surface area contributed by atoms with Crippen LogP contribution in [0.1, 0.15) is 28.8 Å². The highest BCUT2D eigenvalue weighted by atomic mass is 35.5. The molecule has 1 N–H and O–H groups in total. The van der Waals surface area contributed by atoms with Crippen molar-refractivity contribution in [3.63, 3.8) is 0 Å². The number of halogens is 4. The minimum Gasteiger partial charge on any atom is -0.317 e. The van der Waals surface area contributed by atoms with Crippen LogP contribution in [0.25, 0.3) is 0 Å². The molecule has 1 heterocycles. The van der Waals surface area contributed by atoms with E-state index in [-0.39, 0.29) is 24.1 Å². The van der Waals surface area contributed by atoms with Crippen molar-refractivity contribution >= 4 is 18.2 Å². The Morgan fingerprint density at radius 1 is 1.11 bits per heavy atom. The molecule has 1 aromatic rings. The van der Waals surface area contributed by atoms with Gasteiger partial charge in [-0.3, -0.25) is 4.79 Å². The average Bonchev–Trinajstić information content (AvgIpc) is 2.38. The highest BCUT2D eigenvalue weighted by Crippen LogP contribution is 2.29. The Hall–Kier alpha value is -1.07. The van der Waals surface area contributed by atoms with Crippen LogP contribution in [-0.2, 0) is 6.18 Å². The molecule has 0 radical (unpaired) electrons. The molecule has 19 heavy (non-hydrogen) atoms. The summed E-state index contributed by atoms with van der Waals surface area (Å²) in [6.45, 7) is 1.58. The van der Waals surface area contributed by atoms with Gasteiger partial charge in [0.1, 0.15) is 0 Å². The molecular weight excluding hydrogens is 279 g/mol. The maximum atomic E-state index is 12.4. The zero-order chi connectivity index (χ0) is 13.2. The Morgan fingerprint density at radius 3 is 2.11 bits per heavy atom. The van der Waals surface area contributed by atoms with Crippen molar-refractivity contribution in [1.29, 1.82) is 0 Å². The topological polar surface area (TPSA) is 29.1 Å². The van der Waals surface area contributed by atoms with Gasteiger partial charge in [-0.25, -0.2) is 0 Å². The summed E-state index contributed by atoms with van der Waals surface area (Å²) in [5.41, 5.74) is -0.348. The monoisotopic (exact) mass is 293 g/mol. The summed E-state index contributed by atoms with van der Waals surface area (Å²) in [6.07, 6.45) is -2.85. The Kier molecular flexibility index (Phi) is 5.38. The van der Waals surface area contributed by atoms with Crippen molar-refractivity contribution < 1.29 is 18.0 Å². The molecular formula is C13H15ClF3NO. The third-order valence-electron chi connectivity index (χ3n) is 3.21. The van der Waals surface area contributed by atoms with Crippen molar-refractivity contribution in [1.82, 2.24) is 5.32 Å². The van der Waals surface area contributed by atoms with E-state index in [2.05, 4.69) is 5.32 Å². The van der Waals surface area contributed by atoms with Crippen LogP contribution in [0, 0.1) is 5.92 Å². The molecule has 0 amide bonds. The fourth-order valence-electron chi connectivity index (χ4n) is 2.14. The van der Waals surface area contributed by atoms with Crippen LogP contribution in [0.2, 0.25) is 0 Å². The quantitative estimate of drug-likeness (QED) is 0.848. The van der Waals surface area contributed by atoms with Gasteiger partial charge in [0.05, 0.1) is 5.56 Å². The Morgan fingerprint density at radius 2 is 1.63 bits per heavy atom. The zero-order valence-corrected chi connectivity index (χ0v) is 11.0. The highest BCUT2D eigenvalue weighted by Gasteiger charge is 2.30. The van der Waals surface area contributed by atoms with Crippen molar-refractivity contribution in [2.75, 3.05) is 13.1 Å². The van der Waals surface area contributed by atoms with E-state index in [0.29, 0.717) is 5.56 Å². The normalized spacial score (nSPS) is 16.8. The van der Waals surface area contributed by atoms with Crippen LogP contribution in [-0.4, -0.2) is 18.9 Å². The van der Waals surface area contributed by atoms with E-state index in [9.17, 15) is 18.0 Å². The van der Waals surface area contributed by atoms with Crippen molar-refractivity contribution in [3.05, 3.63) is 35.4 Å². The van der Waals surface area contributed by atoms with Gasteiger partial charge in [0.2, 0.25) is 0 Å². The summed E-state index contributed by atoms with van der Waals surface area (Å²) >= 11 is 0. The van der Waals surface area contributed by atoms with E-state index < -0.39 is 11.7 Å². The number of nitrogens with one attached hydrogen (secondary N) is 1. The lowest BCUT2D eigenvalue weighted by atomic mass is 9.89. The summed E-state index contributed by atoms with van der Waals surface area (Å²) in [7, 11) is 0. The number of hydrogen-bond acceptors (Lipinski definition) is 2. The molecule has 1 aromatic carbocycles. The Bertz CT molecular complexity index is 425. The highest BCUT2D eigenvalue weighted by molar-refractivity contribution is 5.97. The number of piperidine rings is 1. The molecule has 1 aliphatic heterocycles. The molecule has 0 bridgehead atoms.